The van der Waals surface area contributed by atoms with E-state index >= 15 is 0 Å². The number of halogens is 3. The van der Waals surface area contributed by atoms with E-state index in [0.717, 1.165) is 18.7 Å². The van der Waals surface area contributed by atoms with Gasteiger partial charge in [-0.3, -0.25) is 14.5 Å². The third kappa shape index (κ3) is 5.81. The number of carbonyl (C=O) groups is 2. The molecule has 1 aliphatic heterocycles. The van der Waals surface area contributed by atoms with Gasteiger partial charge in [0.25, 0.3) is 5.91 Å². The second kappa shape index (κ2) is 9.46. The lowest BCUT2D eigenvalue weighted by Crippen LogP contribution is -2.42. The average molecular weight is 440 g/mol. The van der Waals surface area contributed by atoms with Crippen molar-refractivity contribution >= 4 is 11.9 Å². The van der Waals surface area contributed by atoms with E-state index in [2.05, 4.69) is 10.1 Å². The van der Waals surface area contributed by atoms with Crippen LogP contribution < -0.4 is 0 Å². The van der Waals surface area contributed by atoms with Crippen molar-refractivity contribution in [1.82, 2.24) is 19.7 Å². The van der Waals surface area contributed by atoms with Crippen LogP contribution in [0.2, 0.25) is 0 Å². The van der Waals surface area contributed by atoms with E-state index in [1.807, 2.05) is 22.8 Å². The molecule has 1 amide bonds. The minimum Gasteiger partial charge on any atom is -0.475 e. The molecule has 0 aromatic carbocycles. The van der Waals surface area contributed by atoms with Crippen LogP contribution in [0.3, 0.4) is 0 Å². The smallest absolute Gasteiger partial charge is 0.475 e. The van der Waals surface area contributed by atoms with Gasteiger partial charge in [0.05, 0.1) is 24.5 Å². The van der Waals surface area contributed by atoms with Gasteiger partial charge in [-0.15, -0.1) is 0 Å². The number of pyridine rings is 1. The van der Waals surface area contributed by atoms with Gasteiger partial charge in [0.1, 0.15) is 0 Å². The van der Waals surface area contributed by atoms with E-state index in [1.54, 1.807) is 24.5 Å². The zero-order chi connectivity index (χ0) is 22.6. The normalized spacial score (nSPS) is 18.1. The topological polar surface area (TPSA) is 97.5 Å². The predicted molar refractivity (Wildman–Crippen MR) is 102 cm³/mol. The van der Waals surface area contributed by atoms with E-state index < -0.39 is 12.1 Å². The molecule has 0 saturated heterocycles. The lowest BCUT2D eigenvalue weighted by Gasteiger charge is -2.36. The third-order valence-electron chi connectivity index (χ3n) is 5.14. The summed E-state index contributed by atoms with van der Waals surface area (Å²) in [5.74, 6) is -2.01. The molecule has 8 nitrogen and oxygen atoms in total. The van der Waals surface area contributed by atoms with Crippen LogP contribution in [0.5, 0.6) is 0 Å². The Bertz CT molecular complexity index is 913. The van der Waals surface area contributed by atoms with Crippen molar-refractivity contribution in [2.45, 2.75) is 31.5 Å². The van der Waals surface area contributed by atoms with Gasteiger partial charge in [-0.25, -0.2) is 4.79 Å². The summed E-state index contributed by atoms with van der Waals surface area (Å²) < 4.78 is 39.6. The lowest BCUT2D eigenvalue weighted by molar-refractivity contribution is -0.192. The number of aromatic nitrogens is 3. The highest BCUT2D eigenvalue weighted by molar-refractivity contribution is 5.94. The van der Waals surface area contributed by atoms with Gasteiger partial charge in [0.15, 0.2) is 0 Å². The quantitative estimate of drug-likeness (QED) is 0.768. The zero-order valence-corrected chi connectivity index (χ0v) is 16.9. The minimum atomic E-state index is -5.08. The van der Waals surface area contributed by atoms with Crippen molar-refractivity contribution in [3.05, 3.63) is 47.5 Å². The maximum atomic E-state index is 13.0. The second-order valence-corrected chi connectivity index (χ2v) is 7.46. The summed E-state index contributed by atoms with van der Waals surface area (Å²) in [5, 5.41) is 11.5. The Morgan fingerprint density at radius 1 is 1.23 bits per heavy atom. The summed E-state index contributed by atoms with van der Waals surface area (Å²) in [6.45, 7) is 2.01. The SMILES string of the molecule is Cn1ncc2c1C(COCC1CC1)N(C(=O)c1ccncc1)CC2.O=C(O)C(F)(F)F. The first kappa shape index (κ1) is 22.7. The van der Waals surface area contributed by atoms with Gasteiger partial charge in [-0.2, -0.15) is 18.3 Å². The van der Waals surface area contributed by atoms with Crippen LogP contribution in [-0.2, 0) is 23.0 Å². The number of hydrogen-bond donors (Lipinski definition) is 1. The molecule has 168 valence electrons. The first-order chi connectivity index (χ1) is 14.7. The van der Waals surface area contributed by atoms with Crippen LogP contribution in [0.25, 0.3) is 0 Å². The molecule has 3 heterocycles. The highest BCUT2D eigenvalue weighted by Crippen LogP contribution is 2.33. The lowest BCUT2D eigenvalue weighted by atomic mass is 9.99. The molecular formula is C20H23F3N4O4. The van der Waals surface area contributed by atoms with Gasteiger partial charge in [0.2, 0.25) is 0 Å². The molecular weight excluding hydrogens is 417 g/mol. The summed E-state index contributed by atoms with van der Waals surface area (Å²) >= 11 is 0. The minimum absolute atomic E-state index is 0.0317. The predicted octanol–water partition coefficient (Wildman–Crippen LogP) is 2.61. The molecule has 1 atom stereocenters. The molecule has 2 aromatic rings. The number of fused-ring (bicyclic) bond motifs is 1. The van der Waals surface area contributed by atoms with Gasteiger partial charge in [-0.1, -0.05) is 0 Å². The molecule has 11 heteroatoms. The van der Waals surface area contributed by atoms with Crippen LogP contribution in [-0.4, -0.2) is 62.6 Å². The largest absolute Gasteiger partial charge is 0.490 e. The van der Waals surface area contributed by atoms with Crippen LogP contribution in [0.4, 0.5) is 13.2 Å². The Kier molecular flexibility index (Phi) is 6.94. The highest BCUT2D eigenvalue weighted by atomic mass is 19.4. The second-order valence-electron chi connectivity index (χ2n) is 7.46. The van der Waals surface area contributed by atoms with E-state index in [9.17, 15) is 18.0 Å². The number of carboxylic acid groups (broad SMARTS) is 1. The van der Waals surface area contributed by atoms with Gasteiger partial charge in [0, 0.05) is 38.2 Å². The molecule has 2 aliphatic rings. The average Bonchev–Trinajstić information content (AvgIpc) is 3.49. The zero-order valence-electron chi connectivity index (χ0n) is 16.9. The molecule has 1 saturated carbocycles. The molecule has 1 unspecified atom stereocenters. The maximum Gasteiger partial charge on any atom is 0.490 e. The number of alkyl halides is 3. The summed E-state index contributed by atoms with van der Waals surface area (Å²) in [4.78, 5) is 27.8. The fourth-order valence-electron chi connectivity index (χ4n) is 3.36. The molecule has 2 aromatic heterocycles. The Morgan fingerprint density at radius 3 is 2.45 bits per heavy atom. The van der Waals surface area contributed by atoms with E-state index in [4.69, 9.17) is 14.6 Å². The molecule has 31 heavy (non-hydrogen) atoms. The number of aryl methyl sites for hydroxylation is 1. The summed E-state index contributed by atoms with van der Waals surface area (Å²) in [6, 6.07) is 3.45. The van der Waals surface area contributed by atoms with Crippen LogP contribution in [0.15, 0.2) is 30.7 Å². The highest BCUT2D eigenvalue weighted by Gasteiger charge is 2.38. The van der Waals surface area contributed by atoms with Gasteiger partial charge >= 0.3 is 12.1 Å². The third-order valence-corrected chi connectivity index (χ3v) is 5.14. The number of amides is 1. The molecule has 1 aliphatic carbocycles. The Hall–Kier alpha value is -2.95. The molecule has 0 bridgehead atoms. The summed E-state index contributed by atoms with van der Waals surface area (Å²) in [7, 11) is 1.94. The number of aliphatic carboxylic acids is 1. The van der Waals surface area contributed by atoms with E-state index in [-0.39, 0.29) is 11.9 Å². The van der Waals surface area contributed by atoms with Crippen LogP contribution >= 0.6 is 0 Å². The van der Waals surface area contributed by atoms with Crippen molar-refractivity contribution in [2.75, 3.05) is 19.8 Å². The van der Waals surface area contributed by atoms with Gasteiger partial charge in [-0.05, 0) is 42.9 Å². The number of nitrogens with zero attached hydrogens (tertiary/aromatic N) is 4. The Morgan fingerprint density at radius 2 is 1.87 bits per heavy atom. The maximum absolute atomic E-state index is 13.0. The summed E-state index contributed by atoms with van der Waals surface area (Å²) in [5.41, 5.74) is 2.98. The monoisotopic (exact) mass is 440 g/mol. The van der Waals surface area contributed by atoms with Crippen LogP contribution in [0, 0.1) is 5.92 Å². The van der Waals surface area contributed by atoms with Crippen molar-refractivity contribution in [1.29, 1.82) is 0 Å². The van der Waals surface area contributed by atoms with Crippen molar-refractivity contribution in [3.8, 4) is 0 Å². The molecule has 0 spiro atoms. The van der Waals surface area contributed by atoms with Crippen molar-refractivity contribution in [2.24, 2.45) is 13.0 Å². The fourth-order valence-corrected chi connectivity index (χ4v) is 3.36. The number of hydrogen-bond acceptors (Lipinski definition) is 5. The summed E-state index contributed by atoms with van der Waals surface area (Å²) in [6.07, 6.45) is 3.51. The fraction of sp³-hybridized carbons (Fsp3) is 0.500. The standard InChI is InChI=1S/C18H22N4O2.C2HF3O2/c1-21-17-15(10-20-21)6-9-22(16(17)12-24-11-13-2-3-13)18(23)14-4-7-19-8-5-14;3-2(4,5)1(6)7/h4-5,7-8,10,13,16H,2-3,6,9,11-12H2,1H3;(H,6,7). The van der Waals surface area contributed by atoms with Crippen molar-refractivity contribution in [3.63, 3.8) is 0 Å². The number of rotatable bonds is 5. The number of ether oxygens (including phenoxy) is 1. The van der Waals surface area contributed by atoms with Gasteiger partial charge < -0.3 is 14.7 Å². The Labute approximate surface area is 176 Å². The molecule has 4 rings (SSSR count). The first-order valence-corrected chi connectivity index (χ1v) is 9.78. The van der Waals surface area contributed by atoms with Crippen LogP contribution in [0.1, 0.15) is 40.5 Å². The molecule has 1 fully saturated rings. The molecule has 0 radical (unpaired) electrons. The number of carbonyl (C=O) groups excluding carboxylic acids is 1. The van der Waals surface area contributed by atoms with Crippen molar-refractivity contribution < 1.29 is 32.6 Å². The van der Waals surface area contributed by atoms with E-state index in [1.165, 1.54) is 18.4 Å². The number of carboxylic acids is 1. The first-order valence-electron chi connectivity index (χ1n) is 9.78. The molecule has 1 N–H and O–H groups in total. The van der Waals surface area contributed by atoms with E-state index in [0.29, 0.717) is 24.6 Å². The Balaban J connectivity index is 0.000000339.